The first kappa shape index (κ1) is 14.1. The van der Waals surface area contributed by atoms with E-state index in [9.17, 15) is 4.79 Å². The Hall–Kier alpha value is -1.33. The lowest BCUT2D eigenvalue weighted by molar-refractivity contribution is 0.0594. The minimum absolute atomic E-state index is 0.329. The van der Waals surface area contributed by atoms with E-state index in [2.05, 4.69) is 37.8 Å². The second-order valence-corrected chi connectivity index (χ2v) is 5.75. The smallest absolute Gasteiger partial charge is 0.356 e. The van der Waals surface area contributed by atoms with Crippen LogP contribution in [0.5, 0.6) is 0 Å². The zero-order valence-electron chi connectivity index (χ0n) is 10.3. The highest BCUT2D eigenvalue weighted by Gasteiger charge is 2.06. The third-order valence-electron chi connectivity index (χ3n) is 2.45. The lowest BCUT2D eigenvalue weighted by Gasteiger charge is -2.03. The molecule has 0 unspecified atom stereocenters. The first-order valence-electron chi connectivity index (χ1n) is 5.60. The van der Waals surface area contributed by atoms with Crippen molar-refractivity contribution >= 4 is 33.7 Å². The number of thioether (sulfide) groups is 1. The van der Waals surface area contributed by atoms with E-state index in [4.69, 9.17) is 0 Å². The van der Waals surface area contributed by atoms with E-state index in [1.165, 1.54) is 12.7 Å². The van der Waals surface area contributed by atoms with Crippen LogP contribution in [0.25, 0.3) is 0 Å². The lowest BCUT2D eigenvalue weighted by atomic mass is 10.2. The molecule has 0 aliphatic rings. The molecule has 0 atom stereocenters. The number of esters is 1. The molecule has 0 aliphatic carbocycles. The minimum Gasteiger partial charge on any atom is -0.464 e. The predicted octanol–water partition coefficient (Wildman–Crippen LogP) is 3.92. The van der Waals surface area contributed by atoms with Gasteiger partial charge in [0.2, 0.25) is 0 Å². The average Bonchev–Trinajstić information content (AvgIpc) is 2.46. The van der Waals surface area contributed by atoms with Crippen LogP contribution >= 0.6 is 27.7 Å². The van der Waals surface area contributed by atoms with E-state index in [-0.39, 0.29) is 0 Å². The van der Waals surface area contributed by atoms with Crippen LogP contribution in [0.2, 0.25) is 0 Å². The summed E-state index contributed by atoms with van der Waals surface area (Å²) in [7, 11) is 1.35. The van der Waals surface area contributed by atoms with E-state index in [0.29, 0.717) is 5.69 Å². The summed E-state index contributed by atoms with van der Waals surface area (Å²) >= 11 is 5.09. The summed E-state index contributed by atoms with van der Waals surface area (Å²) in [6.45, 7) is 0. The monoisotopic (exact) mass is 337 g/mol. The summed E-state index contributed by atoms with van der Waals surface area (Å²) < 4.78 is 5.68. The van der Waals surface area contributed by atoms with Gasteiger partial charge in [0.1, 0.15) is 5.69 Å². The summed E-state index contributed by atoms with van der Waals surface area (Å²) in [5, 5.41) is 0. The molecule has 3 nitrogen and oxygen atoms in total. The van der Waals surface area contributed by atoms with Crippen molar-refractivity contribution in [2.75, 3.05) is 7.11 Å². The molecule has 0 amide bonds. The molecule has 0 radical (unpaired) electrons. The molecular weight excluding hydrogens is 326 g/mol. The number of hydrogen-bond acceptors (Lipinski definition) is 4. The summed E-state index contributed by atoms with van der Waals surface area (Å²) in [6, 6.07) is 11.8. The second kappa shape index (κ2) is 6.73. The fraction of sp³-hybridized carbons (Fsp3) is 0.143. The molecule has 0 aliphatic heterocycles. The van der Waals surface area contributed by atoms with Gasteiger partial charge < -0.3 is 4.74 Å². The highest BCUT2D eigenvalue weighted by atomic mass is 79.9. The molecule has 0 fully saturated rings. The maximum atomic E-state index is 11.2. The third kappa shape index (κ3) is 4.08. The van der Waals surface area contributed by atoms with Gasteiger partial charge >= 0.3 is 5.97 Å². The molecular formula is C14H12BrNO2S. The molecule has 1 heterocycles. The maximum Gasteiger partial charge on any atom is 0.356 e. The zero-order chi connectivity index (χ0) is 13.7. The molecule has 0 bridgehead atoms. The van der Waals surface area contributed by atoms with Gasteiger partial charge in [-0.05, 0) is 29.8 Å². The van der Waals surface area contributed by atoms with Crippen LogP contribution < -0.4 is 0 Å². The molecule has 0 saturated carbocycles. The molecule has 98 valence electrons. The molecule has 2 aromatic rings. The van der Waals surface area contributed by atoms with Gasteiger partial charge in [0.25, 0.3) is 0 Å². The molecule has 1 aromatic heterocycles. The van der Waals surface area contributed by atoms with Crippen molar-refractivity contribution in [3.63, 3.8) is 0 Å². The van der Waals surface area contributed by atoms with Gasteiger partial charge in [-0.25, -0.2) is 9.78 Å². The number of carbonyl (C=O) groups excluding carboxylic acids is 1. The van der Waals surface area contributed by atoms with Crippen LogP contribution in [0, 0.1) is 0 Å². The molecule has 0 spiro atoms. The van der Waals surface area contributed by atoms with Crippen molar-refractivity contribution in [3.8, 4) is 0 Å². The van der Waals surface area contributed by atoms with Gasteiger partial charge in [0.15, 0.2) is 0 Å². The Bertz CT molecular complexity index is 555. The van der Waals surface area contributed by atoms with Gasteiger partial charge in [-0.15, -0.1) is 11.8 Å². The molecule has 5 heteroatoms. The highest BCUT2D eigenvalue weighted by Crippen LogP contribution is 2.23. The fourth-order valence-corrected chi connectivity index (χ4v) is 2.52. The minimum atomic E-state index is -0.413. The Morgan fingerprint density at radius 2 is 2.00 bits per heavy atom. The normalized spacial score (nSPS) is 10.2. The van der Waals surface area contributed by atoms with Crippen LogP contribution in [0.3, 0.4) is 0 Å². The molecule has 0 saturated heterocycles. The maximum absolute atomic E-state index is 11.2. The standard InChI is InChI=1S/C14H12BrNO2S/c1-18-14(17)13-7-6-12(8-16-13)19-9-10-2-4-11(15)5-3-10/h2-8H,9H2,1H3. The van der Waals surface area contributed by atoms with Gasteiger partial charge in [0.05, 0.1) is 7.11 Å². The van der Waals surface area contributed by atoms with Gasteiger partial charge in [-0.2, -0.15) is 0 Å². The Balaban J connectivity index is 1.96. The van der Waals surface area contributed by atoms with E-state index >= 15 is 0 Å². The Kier molecular flexibility index (Phi) is 4.99. The number of pyridine rings is 1. The second-order valence-electron chi connectivity index (χ2n) is 3.79. The Labute approximate surface area is 124 Å². The molecule has 1 aromatic carbocycles. The summed E-state index contributed by atoms with van der Waals surface area (Å²) in [5.41, 5.74) is 1.57. The number of hydrogen-bond donors (Lipinski definition) is 0. The number of rotatable bonds is 4. The number of aromatic nitrogens is 1. The molecule has 0 N–H and O–H groups in total. The van der Waals surface area contributed by atoms with Crippen molar-refractivity contribution < 1.29 is 9.53 Å². The Morgan fingerprint density at radius 1 is 1.26 bits per heavy atom. The van der Waals surface area contributed by atoms with Gasteiger partial charge in [-0.1, -0.05) is 28.1 Å². The van der Waals surface area contributed by atoms with Crippen molar-refractivity contribution in [2.24, 2.45) is 0 Å². The van der Waals surface area contributed by atoms with Crippen LogP contribution in [0.1, 0.15) is 16.1 Å². The number of ether oxygens (including phenoxy) is 1. The first-order chi connectivity index (χ1) is 9.19. The van der Waals surface area contributed by atoms with Crippen molar-refractivity contribution in [1.82, 2.24) is 4.98 Å². The zero-order valence-corrected chi connectivity index (χ0v) is 12.7. The van der Waals surface area contributed by atoms with E-state index in [0.717, 1.165) is 15.1 Å². The van der Waals surface area contributed by atoms with E-state index in [1.54, 1.807) is 24.0 Å². The number of methoxy groups -OCH3 is 1. The average molecular weight is 338 g/mol. The van der Waals surface area contributed by atoms with Crippen LogP contribution in [-0.2, 0) is 10.5 Å². The number of nitrogens with zero attached hydrogens (tertiary/aromatic N) is 1. The SMILES string of the molecule is COC(=O)c1ccc(SCc2ccc(Br)cc2)cn1. The van der Waals surface area contributed by atoms with Gasteiger partial charge in [-0.3, -0.25) is 0 Å². The number of benzene rings is 1. The summed E-state index contributed by atoms with van der Waals surface area (Å²) in [5.74, 6) is 0.455. The van der Waals surface area contributed by atoms with Crippen LogP contribution in [-0.4, -0.2) is 18.1 Å². The molecule has 2 rings (SSSR count). The quantitative estimate of drug-likeness (QED) is 0.626. The summed E-state index contributed by atoms with van der Waals surface area (Å²) in [6.07, 6.45) is 1.69. The van der Waals surface area contributed by atoms with E-state index in [1.807, 2.05) is 18.2 Å². The molecule has 19 heavy (non-hydrogen) atoms. The fourth-order valence-electron chi connectivity index (χ4n) is 1.44. The van der Waals surface area contributed by atoms with Gasteiger partial charge in [0, 0.05) is 21.3 Å². The third-order valence-corrected chi connectivity index (χ3v) is 4.03. The first-order valence-corrected chi connectivity index (χ1v) is 7.38. The Morgan fingerprint density at radius 3 is 2.58 bits per heavy atom. The van der Waals surface area contributed by atoms with Crippen LogP contribution in [0.15, 0.2) is 52.0 Å². The van der Waals surface area contributed by atoms with Crippen molar-refractivity contribution in [1.29, 1.82) is 0 Å². The summed E-state index contributed by atoms with van der Waals surface area (Å²) in [4.78, 5) is 16.3. The van der Waals surface area contributed by atoms with Crippen LogP contribution in [0.4, 0.5) is 0 Å². The number of carbonyl (C=O) groups is 1. The van der Waals surface area contributed by atoms with Crippen molar-refractivity contribution in [2.45, 2.75) is 10.6 Å². The number of halogens is 1. The topological polar surface area (TPSA) is 39.2 Å². The highest BCUT2D eigenvalue weighted by molar-refractivity contribution is 9.10. The largest absolute Gasteiger partial charge is 0.464 e. The lowest BCUT2D eigenvalue weighted by Crippen LogP contribution is -2.03. The van der Waals surface area contributed by atoms with Crippen molar-refractivity contribution in [3.05, 3.63) is 58.3 Å². The van der Waals surface area contributed by atoms with E-state index < -0.39 is 5.97 Å². The predicted molar refractivity (Wildman–Crippen MR) is 79.3 cm³/mol.